The molecule has 3 heterocycles. The summed E-state index contributed by atoms with van der Waals surface area (Å²) in [4.78, 5) is 29.8. The summed E-state index contributed by atoms with van der Waals surface area (Å²) < 4.78 is 5.82. The number of carbonyl (C=O) groups excluding carboxylic acids is 2. The molecule has 4 rings (SSSR count). The van der Waals surface area contributed by atoms with Gasteiger partial charge in [-0.2, -0.15) is 0 Å². The minimum Gasteiger partial charge on any atom is -0.377 e. The molecule has 0 radical (unpaired) electrons. The van der Waals surface area contributed by atoms with Crippen LogP contribution in [0.3, 0.4) is 0 Å². The van der Waals surface area contributed by atoms with E-state index in [-0.39, 0.29) is 28.3 Å². The molecule has 5 nitrogen and oxygen atoms in total. The number of hydrogen-bond acceptors (Lipinski definition) is 3. The Hall–Kier alpha value is -1.10. The Labute approximate surface area is 163 Å². The van der Waals surface area contributed by atoms with Crippen molar-refractivity contribution < 1.29 is 14.3 Å². The van der Waals surface area contributed by atoms with Crippen LogP contribution in [0.4, 0.5) is 0 Å². The summed E-state index contributed by atoms with van der Waals surface area (Å²) in [7, 11) is 0. The topological polar surface area (TPSA) is 49.9 Å². The van der Waals surface area contributed by atoms with Crippen molar-refractivity contribution in [3.8, 4) is 0 Å². The van der Waals surface area contributed by atoms with Crippen LogP contribution in [0.15, 0.2) is 0 Å². The van der Waals surface area contributed by atoms with Gasteiger partial charge in [-0.1, -0.05) is 40.0 Å². The molecule has 1 saturated carbocycles. The third kappa shape index (κ3) is 3.76. The minimum absolute atomic E-state index is 0.0785. The molecule has 27 heavy (non-hydrogen) atoms. The lowest BCUT2D eigenvalue weighted by Crippen LogP contribution is -2.62. The highest BCUT2D eigenvalue weighted by molar-refractivity contribution is 5.83. The lowest BCUT2D eigenvalue weighted by Gasteiger charge is -2.51. The van der Waals surface area contributed by atoms with E-state index in [4.69, 9.17) is 4.74 Å². The lowest BCUT2D eigenvalue weighted by atomic mass is 9.71. The van der Waals surface area contributed by atoms with Gasteiger partial charge in [-0.15, -0.1) is 0 Å². The smallest absolute Gasteiger partial charge is 0.228 e. The van der Waals surface area contributed by atoms with Crippen LogP contribution >= 0.6 is 0 Å². The van der Waals surface area contributed by atoms with Gasteiger partial charge in [0, 0.05) is 37.0 Å². The highest BCUT2D eigenvalue weighted by Crippen LogP contribution is 2.45. The number of hydrogen-bond donors (Lipinski definition) is 0. The average molecular weight is 377 g/mol. The molecule has 1 unspecified atom stereocenters. The van der Waals surface area contributed by atoms with Crippen LogP contribution in [-0.4, -0.2) is 60.5 Å². The summed E-state index contributed by atoms with van der Waals surface area (Å²) in [5, 5.41) is 0. The molecule has 3 saturated heterocycles. The van der Waals surface area contributed by atoms with Crippen molar-refractivity contribution in [1.82, 2.24) is 9.80 Å². The standard InChI is InChI=1S/C22H36N2O3/c1-20(2)12-17(27-16-20)11-18(25)23-10-9-22(13-23)14-24(15-22)19(26)21(3)7-5-4-6-8-21/h17H,4-16H2,1-3H3. The third-order valence-corrected chi connectivity index (χ3v) is 7.50. The molecule has 1 atom stereocenters. The second kappa shape index (κ2) is 6.75. The summed E-state index contributed by atoms with van der Waals surface area (Å²) in [5.74, 6) is 0.595. The molecule has 5 heteroatoms. The second-order valence-corrected chi connectivity index (χ2v) is 10.9. The van der Waals surface area contributed by atoms with Crippen molar-refractivity contribution in [2.75, 3.05) is 32.8 Å². The summed E-state index contributed by atoms with van der Waals surface area (Å²) in [6.45, 7) is 10.7. The zero-order valence-electron chi connectivity index (χ0n) is 17.4. The Morgan fingerprint density at radius 1 is 0.963 bits per heavy atom. The van der Waals surface area contributed by atoms with Gasteiger partial charge in [0.2, 0.25) is 11.8 Å². The molecule has 0 N–H and O–H groups in total. The third-order valence-electron chi connectivity index (χ3n) is 7.50. The van der Waals surface area contributed by atoms with Crippen molar-refractivity contribution in [3.05, 3.63) is 0 Å². The Bertz CT molecular complexity index is 603. The molecule has 0 aromatic rings. The second-order valence-electron chi connectivity index (χ2n) is 10.9. The van der Waals surface area contributed by atoms with E-state index < -0.39 is 0 Å². The summed E-state index contributed by atoms with van der Waals surface area (Å²) >= 11 is 0. The molecule has 0 aromatic carbocycles. The zero-order chi connectivity index (χ0) is 19.3. The lowest BCUT2D eigenvalue weighted by molar-refractivity contribution is -0.155. The van der Waals surface area contributed by atoms with E-state index in [0.29, 0.717) is 12.3 Å². The first-order valence-corrected chi connectivity index (χ1v) is 10.9. The Morgan fingerprint density at radius 3 is 2.26 bits per heavy atom. The van der Waals surface area contributed by atoms with Crippen LogP contribution in [0.5, 0.6) is 0 Å². The van der Waals surface area contributed by atoms with Crippen LogP contribution in [0.25, 0.3) is 0 Å². The van der Waals surface area contributed by atoms with Gasteiger partial charge in [-0.3, -0.25) is 9.59 Å². The first kappa shape index (κ1) is 19.2. The number of rotatable bonds is 3. The SMILES string of the molecule is CC1(C)COC(CC(=O)N2CCC3(C2)CN(C(=O)C2(C)CCCCC2)C3)C1. The van der Waals surface area contributed by atoms with Crippen LogP contribution in [0, 0.1) is 16.2 Å². The zero-order valence-corrected chi connectivity index (χ0v) is 17.4. The van der Waals surface area contributed by atoms with Crippen molar-refractivity contribution in [1.29, 1.82) is 0 Å². The summed E-state index contributed by atoms with van der Waals surface area (Å²) in [6, 6.07) is 0. The van der Waals surface area contributed by atoms with E-state index in [1.807, 2.05) is 4.90 Å². The van der Waals surface area contributed by atoms with Gasteiger partial charge in [0.15, 0.2) is 0 Å². The first-order chi connectivity index (χ1) is 12.7. The van der Waals surface area contributed by atoms with Gasteiger partial charge >= 0.3 is 0 Å². The number of amides is 2. The highest BCUT2D eigenvalue weighted by Gasteiger charge is 2.53. The van der Waals surface area contributed by atoms with E-state index in [1.54, 1.807) is 0 Å². The maximum Gasteiger partial charge on any atom is 0.228 e. The number of ether oxygens (including phenoxy) is 1. The molecule has 2 amide bonds. The molecule has 4 fully saturated rings. The average Bonchev–Trinajstić information content (AvgIpc) is 3.17. The Kier molecular flexibility index (Phi) is 4.81. The summed E-state index contributed by atoms with van der Waals surface area (Å²) in [6.07, 6.45) is 8.32. The van der Waals surface area contributed by atoms with Gasteiger partial charge in [0.1, 0.15) is 0 Å². The van der Waals surface area contributed by atoms with E-state index in [9.17, 15) is 9.59 Å². The molecule has 4 aliphatic rings. The van der Waals surface area contributed by atoms with E-state index in [1.165, 1.54) is 19.3 Å². The number of carbonyl (C=O) groups is 2. The van der Waals surface area contributed by atoms with Gasteiger partial charge in [0.05, 0.1) is 19.1 Å². The van der Waals surface area contributed by atoms with E-state index in [2.05, 4.69) is 25.7 Å². The maximum atomic E-state index is 13.0. The van der Waals surface area contributed by atoms with Gasteiger partial charge in [0.25, 0.3) is 0 Å². The largest absolute Gasteiger partial charge is 0.377 e. The fourth-order valence-corrected chi connectivity index (χ4v) is 5.77. The monoisotopic (exact) mass is 376 g/mol. The molecule has 1 spiro atoms. The van der Waals surface area contributed by atoms with Crippen LogP contribution in [-0.2, 0) is 14.3 Å². The van der Waals surface area contributed by atoms with Crippen molar-refractivity contribution in [2.24, 2.45) is 16.2 Å². The minimum atomic E-state index is -0.138. The Morgan fingerprint density at radius 2 is 1.63 bits per heavy atom. The number of nitrogens with zero attached hydrogens (tertiary/aromatic N) is 2. The molecule has 0 bridgehead atoms. The van der Waals surface area contributed by atoms with Gasteiger partial charge < -0.3 is 14.5 Å². The van der Waals surface area contributed by atoms with Crippen molar-refractivity contribution in [2.45, 2.75) is 78.2 Å². The molecule has 3 aliphatic heterocycles. The van der Waals surface area contributed by atoms with Gasteiger partial charge in [-0.25, -0.2) is 0 Å². The number of likely N-dealkylation sites (tertiary alicyclic amines) is 2. The van der Waals surface area contributed by atoms with Crippen LogP contribution < -0.4 is 0 Å². The fourth-order valence-electron chi connectivity index (χ4n) is 5.77. The molecular weight excluding hydrogens is 340 g/mol. The maximum absolute atomic E-state index is 13.0. The Balaban J connectivity index is 1.27. The normalized spacial score (nSPS) is 31.1. The van der Waals surface area contributed by atoms with Gasteiger partial charge in [-0.05, 0) is 31.1 Å². The van der Waals surface area contributed by atoms with E-state index >= 15 is 0 Å². The van der Waals surface area contributed by atoms with Crippen molar-refractivity contribution in [3.63, 3.8) is 0 Å². The molecule has 1 aliphatic carbocycles. The predicted molar refractivity (Wildman–Crippen MR) is 104 cm³/mol. The van der Waals surface area contributed by atoms with Crippen LogP contribution in [0.2, 0.25) is 0 Å². The van der Waals surface area contributed by atoms with E-state index in [0.717, 1.165) is 58.5 Å². The molecule has 152 valence electrons. The molecular formula is C22H36N2O3. The summed E-state index contributed by atoms with van der Waals surface area (Å²) in [5.41, 5.74) is 0.216. The fraction of sp³-hybridized carbons (Fsp3) is 0.909. The first-order valence-electron chi connectivity index (χ1n) is 10.9. The highest BCUT2D eigenvalue weighted by atomic mass is 16.5. The quantitative estimate of drug-likeness (QED) is 0.760. The predicted octanol–water partition coefficient (Wildman–Crippen LogP) is 3.22. The molecule has 0 aromatic heterocycles. The van der Waals surface area contributed by atoms with Crippen LogP contribution in [0.1, 0.15) is 72.1 Å². The van der Waals surface area contributed by atoms with Crippen molar-refractivity contribution >= 4 is 11.8 Å².